The summed E-state index contributed by atoms with van der Waals surface area (Å²) < 4.78 is 1.80. The van der Waals surface area contributed by atoms with Gasteiger partial charge in [0.1, 0.15) is 4.83 Å². The lowest BCUT2D eigenvalue weighted by atomic mass is 9.97. The molecule has 2 aromatic heterocycles. The van der Waals surface area contributed by atoms with Crippen molar-refractivity contribution in [3.8, 4) is 0 Å². The van der Waals surface area contributed by atoms with E-state index in [1.807, 2.05) is 18.2 Å². The molecule has 7 heteroatoms. The summed E-state index contributed by atoms with van der Waals surface area (Å²) >= 11 is 3.05. The molecule has 5 rings (SSSR count). The van der Waals surface area contributed by atoms with Gasteiger partial charge in [0.25, 0.3) is 5.56 Å². The van der Waals surface area contributed by atoms with E-state index in [1.54, 1.807) is 15.9 Å². The quantitative estimate of drug-likeness (QED) is 0.410. The van der Waals surface area contributed by atoms with Gasteiger partial charge in [0.2, 0.25) is 5.91 Å². The Hall–Kier alpha value is -2.12. The predicted molar refractivity (Wildman–Crippen MR) is 127 cm³/mol. The molecule has 5 nitrogen and oxygen atoms in total. The van der Waals surface area contributed by atoms with Gasteiger partial charge in [0.15, 0.2) is 5.16 Å². The Morgan fingerprint density at radius 3 is 2.81 bits per heavy atom. The van der Waals surface area contributed by atoms with E-state index in [2.05, 4.69) is 17.4 Å². The van der Waals surface area contributed by atoms with Gasteiger partial charge in [-0.3, -0.25) is 14.2 Å². The standard InChI is InChI=1S/C24H27N3O2S2/c28-20(25-14-17-10-11-17)15-30-24-26-22-21(18-8-4-5-9-19(18)31-22)23(29)27(24)13-12-16-6-2-1-3-7-16/h1-3,6-7,17H,4-5,8-15H2,(H,25,28). The average Bonchev–Trinajstić information content (AvgIpc) is 3.55. The number of hydrogen-bond acceptors (Lipinski definition) is 5. The van der Waals surface area contributed by atoms with Gasteiger partial charge in [0.05, 0.1) is 11.1 Å². The van der Waals surface area contributed by atoms with Gasteiger partial charge in [-0.1, -0.05) is 42.1 Å². The highest BCUT2D eigenvalue weighted by molar-refractivity contribution is 7.99. The second-order valence-corrected chi connectivity index (χ2v) is 10.5. The molecule has 2 heterocycles. The van der Waals surface area contributed by atoms with Gasteiger partial charge in [-0.25, -0.2) is 4.98 Å². The van der Waals surface area contributed by atoms with Crippen LogP contribution in [0.2, 0.25) is 0 Å². The minimum atomic E-state index is 0.0197. The van der Waals surface area contributed by atoms with Crippen molar-refractivity contribution in [2.24, 2.45) is 5.92 Å². The van der Waals surface area contributed by atoms with Crippen LogP contribution in [0.5, 0.6) is 0 Å². The lowest BCUT2D eigenvalue weighted by Crippen LogP contribution is -2.28. The number of aromatic nitrogens is 2. The zero-order chi connectivity index (χ0) is 21.2. The highest BCUT2D eigenvalue weighted by Crippen LogP contribution is 2.34. The number of aryl methyl sites for hydroxylation is 3. The normalized spacial score (nSPS) is 15.7. The number of thiophene rings is 1. The van der Waals surface area contributed by atoms with Crippen molar-refractivity contribution in [2.75, 3.05) is 12.3 Å². The fraction of sp³-hybridized carbons (Fsp3) is 0.458. The molecule has 1 saturated carbocycles. The molecule has 3 aromatic rings. The van der Waals surface area contributed by atoms with Crippen LogP contribution in [0.4, 0.5) is 0 Å². The molecule has 0 bridgehead atoms. The van der Waals surface area contributed by atoms with E-state index in [1.165, 1.54) is 47.0 Å². The molecule has 2 aliphatic rings. The molecule has 0 saturated heterocycles. The molecule has 31 heavy (non-hydrogen) atoms. The Morgan fingerprint density at radius 2 is 2.00 bits per heavy atom. The van der Waals surface area contributed by atoms with Gasteiger partial charge in [-0.2, -0.15) is 0 Å². The third-order valence-corrected chi connectivity index (χ3v) is 8.29. The number of amides is 1. The first kappa shape index (κ1) is 20.8. The zero-order valence-corrected chi connectivity index (χ0v) is 19.2. The van der Waals surface area contributed by atoms with Crippen LogP contribution in [0.15, 0.2) is 40.3 Å². The molecular formula is C24H27N3O2S2. The van der Waals surface area contributed by atoms with E-state index >= 15 is 0 Å². The largest absolute Gasteiger partial charge is 0.355 e. The molecule has 0 aliphatic heterocycles. The number of benzene rings is 1. The van der Waals surface area contributed by atoms with Crippen LogP contribution in [0.3, 0.4) is 0 Å². The van der Waals surface area contributed by atoms with Crippen molar-refractivity contribution in [1.29, 1.82) is 0 Å². The van der Waals surface area contributed by atoms with Crippen molar-refractivity contribution in [3.05, 3.63) is 56.7 Å². The average molecular weight is 454 g/mol. The van der Waals surface area contributed by atoms with Crippen LogP contribution in [-0.2, 0) is 30.6 Å². The molecule has 0 radical (unpaired) electrons. The molecule has 1 N–H and O–H groups in total. The first-order valence-corrected chi connectivity index (χ1v) is 13.0. The highest BCUT2D eigenvalue weighted by Gasteiger charge is 2.24. The lowest BCUT2D eigenvalue weighted by molar-refractivity contribution is -0.118. The number of fused-ring (bicyclic) bond motifs is 3. The summed E-state index contributed by atoms with van der Waals surface area (Å²) in [6.07, 6.45) is 7.54. The van der Waals surface area contributed by atoms with Crippen LogP contribution < -0.4 is 10.9 Å². The van der Waals surface area contributed by atoms with Crippen LogP contribution in [-0.4, -0.2) is 27.8 Å². The number of carbonyl (C=O) groups excluding carboxylic acids is 1. The predicted octanol–water partition coefficient (Wildman–Crippen LogP) is 4.20. The third-order valence-electron chi connectivity index (χ3n) is 6.12. The van der Waals surface area contributed by atoms with Gasteiger partial charge in [-0.15, -0.1) is 11.3 Å². The second-order valence-electron chi connectivity index (χ2n) is 8.51. The van der Waals surface area contributed by atoms with Crippen molar-refractivity contribution < 1.29 is 4.79 Å². The van der Waals surface area contributed by atoms with Crippen LogP contribution >= 0.6 is 23.1 Å². The smallest absolute Gasteiger partial charge is 0.263 e. The number of hydrogen-bond donors (Lipinski definition) is 1. The minimum absolute atomic E-state index is 0.0197. The third kappa shape index (κ3) is 4.72. The van der Waals surface area contributed by atoms with Gasteiger partial charge < -0.3 is 5.32 Å². The Labute approximate surface area is 190 Å². The number of carbonyl (C=O) groups is 1. The fourth-order valence-electron chi connectivity index (χ4n) is 4.17. The molecule has 1 aromatic carbocycles. The van der Waals surface area contributed by atoms with Crippen molar-refractivity contribution >= 4 is 39.2 Å². The van der Waals surface area contributed by atoms with E-state index in [-0.39, 0.29) is 11.5 Å². The Kier molecular flexibility index (Phi) is 6.14. The minimum Gasteiger partial charge on any atom is -0.355 e. The maximum Gasteiger partial charge on any atom is 0.263 e. The lowest BCUT2D eigenvalue weighted by Gasteiger charge is -2.13. The van der Waals surface area contributed by atoms with Gasteiger partial charge >= 0.3 is 0 Å². The first-order valence-electron chi connectivity index (χ1n) is 11.2. The number of nitrogens with zero attached hydrogens (tertiary/aromatic N) is 2. The van der Waals surface area contributed by atoms with E-state index in [0.717, 1.165) is 42.4 Å². The van der Waals surface area contributed by atoms with Crippen molar-refractivity contribution in [2.45, 2.75) is 56.6 Å². The van der Waals surface area contributed by atoms with E-state index < -0.39 is 0 Å². The Bertz CT molecular complexity index is 1150. The van der Waals surface area contributed by atoms with E-state index in [4.69, 9.17) is 4.98 Å². The van der Waals surface area contributed by atoms with Crippen LogP contribution in [0.1, 0.15) is 41.7 Å². The molecular weight excluding hydrogens is 426 g/mol. The maximum atomic E-state index is 13.6. The molecule has 0 spiro atoms. The summed E-state index contributed by atoms with van der Waals surface area (Å²) in [5, 5.41) is 4.49. The van der Waals surface area contributed by atoms with E-state index in [0.29, 0.717) is 23.4 Å². The molecule has 2 aliphatic carbocycles. The number of nitrogens with one attached hydrogen (secondary N) is 1. The monoisotopic (exact) mass is 453 g/mol. The summed E-state index contributed by atoms with van der Waals surface area (Å²) in [7, 11) is 0. The topological polar surface area (TPSA) is 64.0 Å². The second kappa shape index (κ2) is 9.17. The molecule has 162 valence electrons. The summed E-state index contributed by atoms with van der Waals surface area (Å²) in [6.45, 7) is 1.34. The van der Waals surface area contributed by atoms with Crippen LogP contribution in [0, 0.1) is 5.92 Å². The maximum absolute atomic E-state index is 13.6. The molecule has 1 fully saturated rings. The highest BCUT2D eigenvalue weighted by atomic mass is 32.2. The number of rotatable bonds is 8. The van der Waals surface area contributed by atoms with Gasteiger partial charge in [-0.05, 0) is 62.0 Å². The first-order chi connectivity index (χ1) is 15.2. The van der Waals surface area contributed by atoms with Gasteiger partial charge in [0, 0.05) is 18.0 Å². The molecule has 0 atom stereocenters. The fourth-order valence-corrected chi connectivity index (χ4v) is 6.33. The molecule has 1 amide bonds. The summed E-state index contributed by atoms with van der Waals surface area (Å²) in [4.78, 5) is 33.0. The summed E-state index contributed by atoms with van der Waals surface area (Å²) in [6, 6.07) is 10.2. The zero-order valence-electron chi connectivity index (χ0n) is 17.6. The van der Waals surface area contributed by atoms with Crippen molar-refractivity contribution in [1.82, 2.24) is 14.9 Å². The summed E-state index contributed by atoms with van der Waals surface area (Å²) in [5.74, 6) is 0.970. The Balaban J connectivity index is 1.44. The van der Waals surface area contributed by atoms with Crippen LogP contribution in [0.25, 0.3) is 10.2 Å². The Morgan fingerprint density at radius 1 is 1.19 bits per heavy atom. The number of thioether (sulfide) groups is 1. The van der Waals surface area contributed by atoms with Crippen molar-refractivity contribution in [3.63, 3.8) is 0 Å². The molecule has 0 unspecified atom stereocenters. The summed E-state index contributed by atoms with van der Waals surface area (Å²) in [5.41, 5.74) is 2.47. The SMILES string of the molecule is O=C(CSc1nc2sc3c(c2c(=O)n1CCc1ccccc1)CCCC3)NCC1CC1. The van der Waals surface area contributed by atoms with E-state index in [9.17, 15) is 9.59 Å².